The summed E-state index contributed by atoms with van der Waals surface area (Å²) >= 11 is 0. The Labute approximate surface area is 403 Å². The summed E-state index contributed by atoms with van der Waals surface area (Å²) in [5.74, 6) is 0. The molecule has 5 heteroatoms. The van der Waals surface area contributed by atoms with Crippen LogP contribution < -0.4 is 26.8 Å². The van der Waals surface area contributed by atoms with Crippen LogP contribution in [0.1, 0.15) is 63.8 Å². The van der Waals surface area contributed by atoms with Crippen LogP contribution in [-0.4, -0.2) is 32.0 Å². The van der Waals surface area contributed by atoms with Gasteiger partial charge in [0.05, 0.1) is 32.8 Å². The minimum absolute atomic E-state index is 0.0349. The predicted octanol–water partition coefficient (Wildman–Crippen LogP) is 13.3. The second-order valence-electron chi connectivity index (χ2n) is 23.7. The maximum absolute atomic E-state index is 2.81. The minimum Gasteiger partial charge on any atom is -0.310 e. The Morgan fingerprint density at radius 3 is 1.60 bits per heavy atom. The summed E-state index contributed by atoms with van der Waals surface area (Å²) < 4.78 is 5.50. The lowest BCUT2D eigenvalue weighted by atomic mass is 9.33. The molecule has 2 aromatic heterocycles. The Bertz CT molecular complexity index is 3830. The molecule has 10 aromatic rings. The molecular weight excluding hydrogens is 852 g/mol. The van der Waals surface area contributed by atoms with Crippen LogP contribution in [0, 0.1) is 0 Å². The highest BCUT2D eigenvalue weighted by Crippen LogP contribution is 2.62. The van der Waals surface area contributed by atoms with Gasteiger partial charge in [-0.05, 0) is 77.0 Å². The highest BCUT2D eigenvalue weighted by molar-refractivity contribution is 7.01. The van der Waals surface area contributed by atoms with Crippen LogP contribution in [0.3, 0.4) is 0 Å². The van der Waals surface area contributed by atoms with Crippen molar-refractivity contribution in [3.63, 3.8) is 0 Å². The van der Waals surface area contributed by atoms with Gasteiger partial charge in [-0.2, -0.15) is 0 Å². The molecule has 4 aliphatic rings. The lowest BCUT2D eigenvalue weighted by molar-refractivity contribution is 0.728. The predicted molar refractivity (Wildman–Crippen MR) is 298 cm³/mol. The molecule has 0 unspecified atom stereocenters. The average Bonchev–Trinajstić information content (AvgIpc) is 3.96. The molecule has 0 saturated heterocycles. The molecule has 68 heavy (non-hydrogen) atoms. The zero-order valence-electron chi connectivity index (χ0n) is 41.1. The third-order valence-corrected chi connectivity index (χ3v) is 29.6. The van der Waals surface area contributed by atoms with Crippen molar-refractivity contribution in [1.29, 1.82) is 0 Å². The van der Waals surface area contributed by atoms with Gasteiger partial charge in [0.25, 0.3) is 6.71 Å². The van der Waals surface area contributed by atoms with Gasteiger partial charge < -0.3 is 9.13 Å². The van der Waals surface area contributed by atoms with E-state index >= 15 is 0 Å². The highest BCUT2D eigenvalue weighted by Gasteiger charge is 2.55. The molecule has 0 amide bonds. The van der Waals surface area contributed by atoms with Crippen molar-refractivity contribution in [2.45, 2.75) is 83.2 Å². The average molecular weight is 909 g/mol. The molecular formula is C63H57BN2Si2. The first-order valence-corrected chi connectivity index (χ1v) is 30.9. The van der Waals surface area contributed by atoms with Gasteiger partial charge in [-0.1, -0.05) is 236 Å². The Kier molecular flexibility index (Phi) is 7.78. The van der Waals surface area contributed by atoms with E-state index in [9.17, 15) is 0 Å². The fourth-order valence-electron chi connectivity index (χ4n) is 13.3. The monoisotopic (exact) mass is 908 g/mol. The summed E-state index contributed by atoms with van der Waals surface area (Å²) in [5.41, 5.74) is 24.0. The van der Waals surface area contributed by atoms with Gasteiger partial charge in [0.2, 0.25) is 0 Å². The van der Waals surface area contributed by atoms with Crippen molar-refractivity contribution in [2.24, 2.45) is 0 Å². The Morgan fingerprint density at radius 2 is 0.985 bits per heavy atom. The lowest BCUT2D eigenvalue weighted by Gasteiger charge is -2.45. The molecule has 5 heterocycles. The molecule has 1 spiro atoms. The zero-order valence-corrected chi connectivity index (χ0v) is 43.1. The van der Waals surface area contributed by atoms with E-state index in [-0.39, 0.29) is 16.8 Å². The molecule has 330 valence electrons. The molecule has 0 saturated carbocycles. The van der Waals surface area contributed by atoms with E-state index in [0.29, 0.717) is 0 Å². The second kappa shape index (κ2) is 13.0. The molecule has 0 atom stereocenters. The smallest absolute Gasteiger partial charge is 0.252 e. The number of aromatic nitrogens is 2. The zero-order chi connectivity index (χ0) is 46.6. The van der Waals surface area contributed by atoms with E-state index in [1.54, 1.807) is 10.4 Å². The van der Waals surface area contributed by atoms with Gasteiger partial charge in [-0.15, -0.1) is 0 Å². The quantitative estimate of drug-likeness (QED) is 0.156. The largest absolute Gasteiger partial charge is 0.310 e. The third kappa shape index (κ3) is 4.70. The minimum atomic E-state index is -2.08. The first kappa shape index (κ1) is 40.6. The van der Waals surface area contributed by atoms with E-state index in [0.717, 1.165) is 0 Å². The molecule has 2 nitrogen and oxygen atoms in total. The van der Waals surface area contributed by atoms with E-state index < -0.39 is 21.6 Å². The van der Waals surface area contributed by atoms with Crippen molar-refractivity contribution in [3.8, 4) is 44.9 Å². The summed E-state index contributed by atoms with van der Waals surface area (Å²) in [6.07, 6.45) is 0. The van der Waals surface area contributed by atoms with Crippen LogP contribution >= 0.6 is 0 Å². The number of nitrogens with zero attached hydrogens (tertiary/aromatic N) is 2. The molecule has 0 fully saturated rings. The summed E-state index contributed by atoms with van der Waals surface area (Å²) in [5, 5.41) is 7.58. The van der Waals surface area contributed by atoms with Crippen LogP contribution in [0.25, 0.3) is 77.6 Å². The van der Waals surface area contributed by atoms with Crippen LogP contribution in [0.15, 0.2) is 164 Å². The molecule has 3 aliphatic heterocycles. The number of benzene rings is 8. The molecule has 0 radical (unpaired) electrons. The third-order valence-electron chi connectivity index (χ3n) is 18.6. The summed E-state index contributed by atoms with van der Waals surface area (Å²) in [7, 11) is -4.15. The van der Waals surface area contributed by atoms with Gasteiger partial charge in [0.15, 0.2) is 0 Å². The Morgan fingerprint density at radius 1 is 0.441 bits per heavy atom. The molecule has 14 rings (SSSR count). The summed E-state index contributed by atoms with van der Waals surface area (Å²) in [6.45, 7) is 25.5. The van der Waals surface area contributed by atoms with Crippen molar-refractivity contribution in [1.82, 2.24) is 9.13 Å². The Balaban J connectivity index is 1.25. The van der Waals surface area contributed by atoms with E-state index in [1.807, 2.05) is 0 Å². The SMILES string of the molecule is CC(C)(C)[Si](C)(C)c1cc2c3c(c1)c1cc([Si](C)(C)C(C)(C)C)cc4c1n3-c1c(ccc3c1B2c1cccc2c(-c5ccccc5)c(-c5ccccc5)n-3c12)C41c2ccccc2-c2ccccc21. The molecule has 0 bridgehead atoms. The number of hydrogen-bond donors (Lipinski definition) is 0. The van der Waals surface area contributed by atoms with Crippen molar-refractivity contribution < 1.29 is 0 Å². The van der Waals surface area contributed by atoms with Crippen LogP contribution in [0.2, 0.25) is 36.3 Å². The fourth-order valence-corrected chi connectivity index (χ4v) is 17.0. The number of hydrogen-bond acceptors (Lipinski definition) is 0. The maximum Gasteiger partial charge on any atom is 0.252 e. The Hall–Kier alpha value is -6.40. The van der Waals surface area contributed by atoms with E-state index in [1.165, 1.54) is 116 Å². The highest BCUT2D eigenvalue weighted by atomic mass is 28.3. The van der Waals surface area contributed by atoms with Crippen LogP contribution in [0.5, 0.6) is 0 Å². The lowest BCUT2D eigenvalue weighted by Crippen LogP contribution is -2.62. The van der Waals surface area contributed by atoms with E-state index in [2.05, 4.69) is 241 Å². The number of fused-ring (bicyclic) bond motifs is 11. The van der Waals surface area contributed by atoms with Crippen LogP contribution in [0.4, 0.5) is 0 Å². The van der Waals surface area contributed by atoms with Crippen molar-refractivity contribution in [2.75, 3.05) is 0 Å². The standard InChI is InChI=1S/C63H57BN2Si2/c1-61(2,3)67(7,8)40-34-45-46-35-41(68(9,10)62(4,5)6)37-52-59(46)66-57(45)50(36-40)63(47-29-19-17-26-42(47)43-27-18-20-30-48(43)63)49-32-33-53-55(60(49)66)64(52)51-31-21-28-44-54(38-22-13-11-14-23-38)56(65(53)58(44)51)39-24-15-12-16-25-39/h11-37H,1-10H3. The van der Waals surface area contributed by atoms with Gasteiger partial charge in [0, 0.05) is 44.1 Å². The first-order chi connectivity index (χ1) is 32.6. The van der Waals surface area contributed by atoms with Gasteiger partial charge >= 0.3 is 0 Å². The normalized spacial score (nSPS) is 15.0. The van der Waals surface area contributed by atoms with Gasteiger partial charge in [-0.25, -0.2) is 0 Å². The number of rotatable bonds is 4. The molecule has 0 N–H and O–H groups in total. The molecule has 1 aliphatic carbocycles. The maximum atomic E-state index is 2.81. The first-order valence-electron chi connectivity index (χ1n) is 24.9. The van der Waals surface area contributed by atoms with Gasteiger partial charge in [-0.3, -0.25) is 0 Å². The van der Waals surface area contributed by atoms with E-state index in [4.69, 9.17) is 0 Å². The topological polar surface area (TPSA) is 9.86 Å². The summed E-state index contributed by atoms with van der Waals surface area (Å²) in [4.78, 5) is 0. The molecule has 8 aromatic carbocycles. The summed E-state index contributed by atoms with van der Waals surface area (Å²) in [6, 6.07) is 64.4. The van der Waals surface area contributed by atoms with Crippen LogP contribution in [-0.2, 0) is 5.41 Å². The number of para-hydroxylation sites is 1. The van der Waals surface area contributed by atoms with Crippen molar-refractivity contribution >= 4 is 82.3 Å². The van der Waals surface area contributed by atoms with Crippen molar-refractivity contribution in [3.05, 3.63) is 186 Å². The fraction of sp³-hybridized carbons (Fsp3) is 0.206. The second-order valence-corrected chi connectivity index (χ2v) is 34.3. The van der Waals surface area contributed by atoms with Gasteiger partial charge in [0.1, 0.15) is 0 Å².